The van der Waals surface area contributed by atoms with Crippen LogP contribution in [0.4, 0.5) is 5.69 Å². The average molecular weight is 308 g/mol. The Kier molecular flexibility index (Phi) is 4.95. The summed E-state index contributed by atoms with van der Waals surface area (Å²) < 4.78 is 0. The first kappa shape index (κ1) is 15.2. The maximum atomic E-state index is 6.11. The quantitative estimate of drug-likeness (QED) is 0.711. The summed E-state index contributed by atoms with van der Waals surface area (Å²) in [6.07, 6.45) is 0.978. The molecular weight excluding hydrogens is 289 g/mol. The first-order valence-electron chi connectivity index (χ1n) is 6.80. The van der Waals surface area contributed by atoms with Gasteiger partial charge in [0.05, 0.1) is 16.1 Å². The van der Waals surface area contributed by atoms with E-state index in [0.29, 0.717) is 10.0 Å². The van der Waals surface area contributed by atoms with Gasteiger partial charge in [-0.25, -0.2) is 0 Å². The monoisotopic (exact) mass is 307 g/mol. The Morgan fingerprint density at radius 1 is 1.05 bits per heavy atom. The molecule has 0 aliphatic rings. The second-order valence-corrected chi connectivity index (χ2v) is 5.84. The molecular formula is C17H19Cl2N. The molecule has 0 radical (unpaired) electrons. The fourth-order valence-corrected chi connectivity index (χ4v) is 2.55. The zero-order valence-electron chi connectivity index (χ0n) is 12.0. The first-order valence-corrected chi connectivity index (χ1v) is 7.56. The molecule has 1 atom stereocenters. The van der Waals surface area contributed by atoms with E-state index in [1.807, 2.05) is 18.2 Å². The topological polar surface area (TPSA) is 12.0 Å². The minimum atomic E-state index is 0.227. The van der Waals surface area contributed by atoms with Crippen molar-refractivity contribution in [1.29, 1.82) is 0 Å². The van der Waals surface area contributed by atoms with Gasteiger partial charge in [0.25, 0.3) is 0 Å². The maximum Gasteiger partial charge on any atom is 0.0595 e. The molecule has 0 aliphatic heterocycles. The van der Waals surface area contributed by atoms with Crippen LogP contribution in [0.3, 0.4) is 0 Å². The molecule has 0 saturated carbocycles. The second kappa shape index (κ2) is 6.51. The molecule has 0 amide bonds. The molecule has 2 aromatic carbocycles. The lowest BCUT2D eigenvalue weighted by Gasteiger charge is -2.21. The van der Waals surface area contributed by atoms with Crippen molar-refractivity contribution in [3.8, 4) is 0 Å². The molecule has 0 spiro atoms. The third-order valence-electron chi connectivity index (χ3n) is 3.69. The van der Waals surface area contributed by atoms with Crippen molar-refractivity contribution in [1.82, 2.24) is 0 Å². The van der Waals surface area contributed by atoms with Gasteiger partial charge in [0.15, 0.2) is 0 Å². The molecule has 0 bridgehead atoms. The summed E-state index contributed by atoms with van der Waals surface area (Å²) in [6.45, 7) is 6.42. The van der Waals surface area contributed by atoms with E-state index in [0.717, 1.165) is 12.0 Å². The van der Waals surface area contributed by atoms with E-state index in [1.54, 1.807) is 0 Å². The maximum absolute atomic E-state index is 6.11. The van der Waals surface area contributed by atoms with Crippen molar-refractivity contribution >= 4 is 28.9 Å². The smallest absolute Gasteiger partial charge is 0.0595 e. The molecule has 0 fully saturated rings. The highest BCUT2D eigenvalue weighted by atomic mass is 35.5. The van der Waals surface area contributed by atoms with Crippen molar-refractivity contribution < 1.29 is 0 Å². The molecule has 0 saturated heterocycles. The Morgan fingerprint density at radius 3 is 2.45 bits per heavy atom. The number of hydrogen-bond donors (Lipinski definition) is 1. The van der Waals surface area contributed by atoms with Crippen LogP contribution in [-0.4, -0.2) is 0 Å². The van der Waals surface area contributed by atoms with Gasteiger partial charge in [-0.1, -0.05) is 48.3 Å². The molecule has 1 nitrogen and oxygen atoms in total. The van der Waals surface area contributed by atoms with Crippen LogP contribution in [0.2, 0.25) is 10.0 Å². The minimum absolute atomic E-state index is 0.227. The van der Waals surface area contributed by atoms with E-state index in [4.69, 9.17) is 23.2 Å². The van der Waals surface area contributed by atoms with Gasteiger partial charge in [0.1, 0.15) is 0 Å². The number of nitrogens with one attached hydrogen (secondary N) is 1. The highest BCUT2D eigenvalue weighted by Crippen LogP contribution is 2.30. The fraction of sp³-hybridized carbons (Fsp3) is 0.294. The van der Waals surface area contributed by atoms with Gasteiger partial charge in [-0.2, -0.15) is 0 Å². The predicted octanol–water partition coefficient (Wildman–Crippen LogP) is 6.17. The van der Waals surface area contributed by atoms with Crippen molar-refractivity contribution in [2.45, 2.75) is 33.2 Å². The predicted molar refractivity (Wildman–Crippen MR) is 89.0 cm³/mol. The lowest BCUT2D eigenvalue weighted by atomic mass is 10.0. The Morgan fingerprint density at radius 2 is 1.80 bits per heavy atom. The summed E-state index contributed by atoms with van der Waals surface area (Å²) >= 11 is 12.1. The van der Waals surface area contributed by atoms with Crippen LogP contribution < -0.4 is 5.32 Å². The SMILES string of the molecule is CCC(Nc1cccc(C)c1C)c1ccc(Cl)c(Cl)c1. The van der Waals surface area contributed by atoms with Crippen LogP contribution in [0.5, 0.6) is 0 Å². The first-order chi connectivity index (χ1) is 9.52. The molecule has 0 aromatic heterocycles. The van der Waals surface area contributed by atoms with Gasteiger partial charge in [0, 0.05) is 5.69 Å². The molecule has 0 aliphatic carbocycles. The van der Waals surface area contributed by atoms with Gasteiger partial charge in [-0.3, -0.25) is 0 Å². The van der Waals surface area contributed by atoms with Crippen molar-refractivity contribution in [3.05, 3.63) is 63.1 Å². The van der Waals surface area contributed by atoms with Gasteiger partial charge in [0.2, 0.25) is 0 Å². The largest absolute Gasteiger partial charge is 0.378 e. The number of halogens is 2. The average Bonchev–Trinajstić information content (AvgIpc) is 2.44. The Balaban J connectivity index is 2.28. The molecule has 0 heterocycles. The third kappa shape index (κ3) is 3.28. The molecule has 1 N–H and O–H groups in total. The second-order valence-electron chi connectivity index (χ2n) is 5.03. The van der Waals surface area contributed by atoms with Crippen molar-refractivity contribution in [2.75, 3.05) is 5.32 Å². The normalized spacial score (nSPS) is 12.2. The van der Waals surface area contributed by atoms with E-state index in [1.165, 1.54) is 16.8 Å². The van der Waals surface area contributed by atoms with Crippen molar-refractivity contribution in [2.24, 2.45) is 0 Å². The van der Waals surface area contributed by atoms with Crippen LogP contribution in [0, 0.1) is 13.8 Å². The highest BCUT2D eigenvalue weighted by molar-refractivity contribution is 6.42. The Bertz CT molecular complexity index is 608. The summed E-state index contributed by atoms with van der Waals surface area (Å²) in [6, 6.07) is 12.4. The number of aryl methyl sites for hydroxylation is 1. The van der Waals surface area contributed by atoms with E-state index in [9.17, 15) is 0 Å². The van der Waals surface area contributed by atoms with Gasteiger partial charge < -0.3 is 5.32 Å². The number of anilines is 1. The standard InChI is InChI=1S/C17H19Cl2N/c1-4-16(13-8-9-14(18)15(19)10-13)20-17-7-5-6-11(2)12(17)3/h5-10,16,20H,4H2,1-3H3. The molecule has 1 unspecified atom stereocenters. The van der Waals surface area contributed by atoms with E-state index in [2.05, 4.69) is 44.3 Å². The fourth-order valence-electron chi connectivity index (χ4n) is 2.25. The van der Waals surface area contributed by atoms with Crippen LogP contribution >= 0.6 is 23.2 Å². The number of rotatable bonds is 4. The Labute approximate surface area is 130 Å². The summed E-state index contributed by atoms with van der Waals surface area (Å²) in [4.78, 5) is 0. The van der Waals surface area contributed by atoms with Gasteiger partial charge >= 0.3 is 0 Å². The lowest BCUT2D eigenvalue weighted by Crippen LogP contribution is -2.11. The summed E-state index contributed by atoms with van der Waals surface area (Å²) in [7, 11) is 0. The summed E-state index contributed by atoms with van der Waals surface area (Å²) in [5, 5.41) is 4.80. The van der Waals surface area contributed by atoms with Crippen LogP contribution in [-0.2, 0) is 0 Å². The van der Waals surface area contributed by atoms with Crippen LogP contribution in [0.15, 0.2) is 36.4 Å². The lowest BCUT2D eigenvalue weighted by molar-refractivity contribution is 0.748. The Hall–Kier alpha value is -1.18. The van der Waals surface area contributed by atoms with Crippen molar-refractivity contribution in [3.63, 3.8) is 0 Å². The van der Waals surface area contributed by atoms with Crippen LogP contribution in [0.1, 0.15) is 36.1 Å². The molecule has 20 heavy (non-hydrogen) atoms. The summed E-state index contributed by atoms with van der Waals surface area (Å²) in [5.41, 5.74) is 4.90. The molecule has 2 rings (SSSR count). The minimum Gasteiger partial charge on any atom is -0.378 e. The van der Waals surface area contributed by atoms with Gasteiger partial charge in [-0.05, 0) is 55.2 Å². The number of hydrogen-bond acceptors (Lipinski definition) is 1. The van der Waals surface area contributed by atoms with E-state index < -0.39 is 0 Å². The molecule has 2 aromatic rings. The van der Waals surface area contributed by atoms with E-state index in [-0.39, 0.29) is 6.04 Å². The molecule has 106 valence electrons. The van der Waals surface area contributed by atoms with E-state index >= 15 is 0 Å². The number of benzene rings is 2. The zero-order valence-corrected chi connectivity index (χ0v) is 13.5. The summed E-state index contributed by atoms with van der Waals surface area (Å²) in [5.74, 6) is 0. The van der Waals surface area contributed by atoms with Gasteiger partial charge in [-0.15, -0.1) is 0 Å². The highest BCUT2D eigenvalue weighted by Gasteiger charge is 2.12. The third-order valence-corrected chi connectivity index (χ3v) is 4.43. The zero-order chi connectivity index (χ0) is 14.7. The molecule has 3 heteroatoms. The van der Waals surface area contributed by atoms with Crippen LogP contribution in [0.25, 0.3) is 0 Å².